The van der Waals surface area contributed by atoms with E-state index in [0.29, 0.717) is 18.6 Å². The monoisotopic (exact) mass is 391 g/mol. The zero-order chi connectivity index (χ0) is 20.6. The van der Waals surface area contributed by atoms with Crippen molar-refractivity contribution in [1.29, 1.82) is 0 Å². The van der Waals surface area contributed by atoms with Crippen LogP contribution in [0.25, 0.3) is 11.6 Å². The van der Waals surface area contributed by atoms with E-state index in [2.05, 4.69) is 11.6 Å². The second kappa shape index (κ2) is 9.87. The maximum atomic E-state index is 10.7. The molecule has 2 aromatic heterocycles. The highest BCUT2D eigenvalue weighted by Gasteiger charge is 2.27. The first-order chi connectivity index (χ1) is 14.1. The summed E-state index contributed by atoms with van der Waals surface area (Å²) in [6.07, 6.45) is 5.85. The van der Waals surface area contributed by atoms with E-state index in [4.69, 9.17) is 4.42 Å². The first kappa shape index (κ1) is 20.6. The molecule has 0 unspecified atom stereocenters. The number of allylic oxidation sites excluding steroid dienone is 1. The molecule has 1 aromatic carbocycles. The van der Waals surface area contributed by atoms with Gasteiger partial charge in [-0.05, 0) is 66.5 Å². The molecule has 0 radical (unpaired) electrons. The van der Waals surface area contributed by atoms with Crippen LogP contribution in [-0.2, 0) is 0 Å². The molecule has 150 valence electrons. The molecule has 29 heavy (non-hydrogen) atoms. The van der Waals surface area contributed by atoms with E-state index in [0.717, 1.165) is 16.8 Å². The molecule has 0 fully saturated rings. The number of rotatable bonds is 9. The zero-order valence-corrected chi connectivity index (χ0v) is 16.1. The lowest BCUT2D eigenvalue weighted by molar-refractivity contribution is 0.0214. The van der Waals surface area contributed by atoms with Gasteiger partial charge in [-0.1, -0.05) is 24.3 Å². The fourth-order valence-corrected chi connectivity index (χ4v) is 3.28. The van der Waals surface area contributed by atoms with Gasteiger partial charge in [0.15, 0.2) is 0 Å². The summed E-state index contributed by atoms with van der Waals surface area (Å²) in [6.45, 7) is 3.76. The lowest BCUT2D eigenvalue weighted by Gasteiger charge is -2.24. The number of hydrogen-bond acceptors (Lipinski definition) is 5. The van der Waals surface area contributed by atoms with Crippen molar-refractivity contribution >= 4 is 11.6 Å². The molecule has 0 amide bonds. The summed E-state index contributed by atoms with van der Waals surface area (Å²) in [7, 11) is 0. The molecule has 2 heterocycles. The Hall–Kier alpha value is -3.15. The van der Waals surface area contributed by atoms with E-state index < -0.39 is 18.1 Å². The Morgan fingerprint density at radius 3 is 2.62 bits per heavy atom. The second-order valence-electron chi connectivity index (χ2n) is 6.86. The van der Waals surface area contributed by atoms with Crippen molar-refractivity contribution in [2.75, 3.05) is 0 Å². The van der Waals surface area contributed by atoms with Crippen LogP contribution in [0.3, 0.4) is 0 Å². The van der Waals surface area contributed by atoms with Gasteiger partial charge in [-0.25, -0.2) is 0 Å². The number of phenolic OH excluding ortho intramolecular Hbond substituents is 1. The molecule has 3 aromatic rings. The van der Waals surface area contributed by atoms with E-state index in [9.17, 15) is 15.3 Å². The standard InChI is InChI=1S/C24H25NO4/c1-2-20(24(28)23-10-6-14-29-23)22(27)12-11-18(21-9-3-4-13-25-21)15-17-7-5-8-19(26)16-17/h2-10,13-16,20,22,24,26-28H,1,11-12H2/b18-15-/t20-,22-,24+/m1/s1. The highest BCUT2D eigenvalue weighted by Crippen LogP contribution is 2.30. The number of nitrogens with zero attached hydrogens (tertiary/aromatic N) is 1. The lowest BCUT2D eigenvalue weighted by Crippen LogP contribution is -2.25. The third-order valence-electron chi connectivity index (χ3n) is 4.83. The van der Waals surface area contributed by atoms with E-state index in [1.165, 1.54) is 6.26 Å². The van der Waals surface area contributed by atoms with Gasteiger partial charge in [0.2, 0.25) is 0 Å². The minimum absolute atomic E-state index is 0.187. The molecule has 0 bridgehead atoms. The van der Waals surface area contributed by atoms with Crippen LogP contribution in [-0.4, -0.2) is 26.4 Å². The highest BCUT2D eigenvalue weighted by molar-refractivity contribution is 5.80. The number of phenols is 1. The van der Waals surface area contributed by atoms with Crippen LogP contribution < -0.4 is 0 Å². The predicted octanol–water partition coefficient (Wildman–Crippen LogP) is 4.60. The Balaban J connectivity index is 1.78. The first-order valence-corrected chi connectivity index (χ1v) is 9.51. The Morgan fingerprint density at radius 2 is 1.97 bits per heavy atom. The van der Waals surface area contributed by atoms with Gasteiger partial charge >= 0.3 is 0 Å². The molecule has 0 saturated carbocycles. The molecular weight excluding hydrogens is 366 g/mol. The summed E-state index contributed by atoms with van der Waals surface area (Å²) in [5.74, 6) is 0.0218. The summed E-state index contributed by atoms with van der Waals surface area (Å²) in [5, 5.41) is 31.0. The number of hydrogen-bond donors (Lipinski definition) is 3. The molecule has 0 aliphatic rings. The van der Waals surface area contributed by atoms with Crippen molar-refractivity contribution in [1.82, 2.24) is 4.98 Å². The summed E-state index contributed by atoms with van der Waals surface area (Å²) >= 11 is 0. The Labute approximate surface area is 170 Å². The van der Waals surface area contributed by atoms with E-state index in [1.54, 1.807) is 42.6 Å². The summed E-state index contributed by atoms with van der Waals surface area (Å²) in [6, 6.07) is 16.0. The van der Waals surface area contributed by atoms with Gasteiger partial charge in [-0.3, -0.25) is 4.98 Å². The van der Waals surface area contributed by atoms with Crippen LogP contribution in [0, 0.1) is 5.92 Å². The molecule has 5 nitrogen and oxygen atoms in total. The normalized spacial score (nSPS) is 14.9. The number of aliphatic hydroxyl groups excluding tert-OH is 2. The maximum Gasteiger partial charge on any atom is 0.132 e. The topological polar surface area (TPSA) is 86.7 Å². The average Bonchev–Trinajstić information content (AvgIpc) is 3.27. The van der Waals surface area contributed by atoms with E-state index in [1.807, 2.05) is 30.3 Å². The summed E-state index contributed by atoms with van der Waals surface area (Å²) < 4.78 is 5.26. The molecule has 0 aliphatic heterocycles. The second-order valence-corrected chi connectivity index (χ2v) is 6.86. The number of pyridine rings is 1. The van der Waals surface area contributed by atoms with Gasteiger partial charge in [0.1, 0.15) is 17.6 Å². The van der Waals surface area contributed by atoms with Gasteiger partial charge in [-0.15, -0.1) is 6.58 Å². The van der Waals surface area contributed by atoms with Crippen LogP contribution in [0.5, 0.6) is 5.75 Å². The fraction of sp³-hybridized carbons (Fsp3) is 0.208. The van der Waals surface area contributed by atoms with Crippen molar-refractivity contribution in [3.63, 3.8) is 0 Å². The average molecular weight is 391 g/mol. The molecule has 3 atom stereocenters. The Bertz CT molecular complexity index is 935. The number of aliphatic hydroxyl groups is 2. The molecule has 0 aliphatic carbocycles. The minimum Gasteiger partial charge on any atom is -0.508 e. The number of aromatic nitrogens is 1. The first-order valence-electron chi connectivity index (χ1n) is 9.51. The highest BCUT2D eigenvalue weighted by atomic mass is 16.4. The number of benzene rings is 1. The van der Waals surface area contributed by atoms with E-state index >= 15 is 0 Å². The molecule has 3 rings (SSSR count). The smallest absolute Gasteiger partial charge is 0.132 e. The lowest BCUT2D eigenvalue weighted by atomic mass is 9.89. The summed E-state index contributed by atoms with van der Waals surface area (Å²) in [4.78, 5) is 4.42. The van der Waals surface area contributed by atoms with Crippen LogP contribution in [0.1, 0.15) is 36.0 Å². The summed E-state index contributed by atoms with van der Waals surface area (Å²) in [5.41, 5.74) is 2.56. The fourth-order valence-electron chi connectivity index (χ4n) is 3.28. The SMILES string of the molecule is C=C[C@H]([C@H](O)CC/C(=C/c1cccc(O)c1)c1ccccn1)[C@H](O)c1ccco1. The molecule has 0 spiro atoms. The largest absolute Gasteiger partial charge is 0.508 e. The van der Waals surface area contributed by atoms with Crippen molar-refractivity contribution in [3.05, 3.63) is 96.7 Å². The molecular formula is C24H25NO4. The van der Waals surface area contributed by atoms with Gasteiger partial charge in [-0.2, -0.15) is 0 Å². The predicted molar refractivity (Wildman–Crippen MR) is 113 cm³/mol. The van der Waals surface area contributed by atoms with Crippen LogP contribution in [0.4, 0.5) is 0 Å². The van der Waals surface area contributed by atoms with Gasteiger partial charge < -0.3 is 19.7 Å². The van der Waals surface area contributed by atoms with Crippen molar-refractivity contribution in [2.24, 2.45) is 5.92 Å². The van der Waals surface area contributed by atoms with E-state index in [-0.39, 0.29) is 5.75 Å². The Kier molecular flexibility index (Phi) is 7.00. The number of furan rings is 1. The molecule has 0 saturated heterocycles. The zero-order valence-electron chi connectivity index (χ0n) is 16.1. The molecule has 5 heteroatoms. The Morgan fingerprint density at radius 1 is 1.10 bits per heavy atom. The van der Waals surface area contributed by atoms with Crippen molar-refractivity contribution in [3.8, 4) is 5.75 Å². The van der Waals surface area contributed by atoms with Crippen molar-refractivity contribution in [2.45, 2.75) is 25.0 Å². The van der Waals surface area contributed by atoms with Gasteiger partial charge in [0.05, 0.1) is 18.1 Å². The van der Waals surface area contributed by atoms with Crippen LogP contribution in [0.2, 0.25) is 0 Å². The minimum atomic E-state index is -0.967. The van der Waals surface area contributed by atoms with Gasteiger partial charge in [0, 0.05) is 12.1 Å². The van der Waals surface area contributed by atoms with Crippen molar-refractivity contribution < 1.29 is 19.7 Å². The molecule has 3 N–H and O–H groups in total. The van der Waals surface area contributed by atoms with Gasteiger partial charge in [0.25, 0.3) is 0 Å². The third-order valence-corrected chi connectivity index (χ3v) is 4.83. The quantitative estimate of drug-likeness (QED) is 0.464. The number of aromatic hydroxyl groups is 1. The van der Waals surface area contributed by atoms with Crippen LogP contribution >= 0.6 is 0 Å². The van der Waals surface area contributed by atoms with Crippen LogP contribution in [0.15, 0.2) is 84.1 Å². The third kappa shape index (κ3) is 5.44. The maximum absolute atomic E-state index is 10.7.